The van der Waals surface area contributed by atoms with E-state index >= 15 is 0 Å². The maximum Gasteiger partial charge on any atom is 0.337 e. The van der Waals surface area contributed by atoms with Crippen LogP contribution in [0.25, 0.3) is 0 Å². The topological polar surface area (TPSA) is 74.6 Å². The van der Waals surface area contributed by atoms with Gasteiger partial charge in [-0.3, -0.25) is 4.79 Å². The first kappa shape index (κ1) is 10.4. The van der Waals surface area contributed by atoms with Gasteiger partial charge in [0.2, 0.25) is 0 Å². The normalized spacial score (nSPS) is 12.1. The zero-order valence-electron chi connectivity index (χ0n) is 7.60. The minimum atomic E-state index is -1.57. The van der Waals surface area contributed by atoms with Crippen LogP contribution in [0.1, 0.15) is 28.9 Å². The average molecular weight is 194 g/mol. The molecule has 0 aliphatic heterocycles. The molecule has 1 aromatic rings. The zero-order valence-corrected chi connectivity index (χ0v) is 7.60. The fourth-order valence-electron chi connectivity index (χ4n) is 1.07. The van der Waals surface area contributed by atoms with Crippen molar-refractivity contribution in [1.82, 2.24) is 0 Å². The Bertz CT molecular complexity index is 370. The molecule has 0 aromatic heterocycles. The molecule has 0 heterocycles. The number of carboxylic acid groups (broad SMARTS) is 1. The third kappa shape index (κ3) is 2.17. The van der Waals surface area contributed by atoms with Gasteiger partial charge in [0.05, 0.1) is 0 Å². The number of aliphatic carboxylic acids is 1. The van der Waals surface area contributed by atoms with Gasteiger partial charge in [-0.25, -0.2) is 4.79 Å². The summed E-state index contributed by atoms with van der Waals surface area (Å²) in [5.41, 5.74) is 0.605. The van der Waals surface area contributed by atoms with Crippen LogP contribution < -0.4 is 0 Å². The van der Waals surface area contributed by atoms with Crippen molar-refractivity contribution < 1.29 is 19.8 Å². The molecular weight excluding hydrogens is 184 g/mol. The second-order valence-electron chi connectivity index (χ2n) is 2.92. The van der Waals surface area contributed by atoms with E-state index in [1.807, 2.05) is 0 Å². The van der Waals surface area contributed by atoms with Crippen molar-refractivity contribution in [2.75, 3.05) is 0 Å². The van der Waals surface area contributed by atoms with Crippen LogP contribution in [0.2, 0.25) is 0 Å². The Kier molecular flexibility index (Phi) is 2.99. The maximum atomic E-state index is 11.0. The number of benzene rings is 1. The van der Waals surface area contributed by atoms with Crippen molar-refractivity contribution in [2.45, 2.75) is 13.0 Å². The highest BCUT2D eigenvalue weighted by Gasteiger charge is 2.16. The molecule has 0 aliphatic rings. The lowest BCUT2D eigenvalue weighted by Crippen LogP contribution is -2.10. The highest BCUT2D eigenvalue weighted by atomic mass is 16.4. The summed E-state index contributed by atoms with van der Waals surface area (Å²) in [5, 5.41) is 17.7. The molecule has 14 heavy (non-hydrogen) atoms. The van der Waals surface area contributed by atoms with Gasteiger partial charge in [-0.1, -0.05) is 18.2 Å². The number of carboxylic acids is 1. The van der Waals surface area contributed by atoms with E-state index in [1.54, 1.807) is 6.07 Å². The molecule has 0 saturated heterocycles. The van der Waals surface area contributed by atoms with Gasteiger partial charge in [-0.2, -0.15) is 0 Å². The summed E-state index contributed by atoms with van der Waals surface area (Å²) in [6, 6.07) is 5.95. The SMILES string of the molecule is CC(=O)c1cccc(C(O)C(=O)O)c1. The van der Waals surface area contributed by atoms with Crippen LogP contribution in [-0.2, 0) is 4.79 Å². The lowest BCUT2D eigenvalue weighted by Gasteiger charge is -2.06. The van der Waals surface area contributed by atoms with Crippen LogP contribution in [0.4, 0.5) is 0 Å². The fourth-order valence-corrected chi connectivity index (χ4v) is 1.07. The molecule has 1 atom stereocenters. The van der Waals surface area contributed by atoms with Gasteiger partial charge >= 0.3 is 5.97 Å². The minimum absolute atomic E-state index is 0.163. The first-order valence-electron chi connectivity index (χ1n) is 4.04. The van der Waals surface area contributed by atoms with Crippen LogP contribution in [0, 0.1) is 0 Å². The van der Waals surface area contributed by atoms with Crippen LogP contribution in [0.5, 0.6) is 0 Å². The second kappa shape index (κ2) is 4.02. The number of aliphatic hydroxyl groups is 1. The predicted molar refractivity (Wildman–Crippen MR) is 49.0 cm³/mol. The first-order chi connectivity index (χ1) is 6.52. The Hall–Kier alpha value is -1.68. The van der Waals surface area contributed by atoms with E-state index in [-0.39, 0.29) is 11.3 Å². The van der Waals surface area contributed by atoms with Crippen molar-refractivity contribution in [3.63, 3.8) is 0 Å². The summed E-state index contributed by atoms with van der Waals surface area (Å²) in [7, 11) is 0. The van der Waals surface area contributed by atoms with Crippen molar-refractivity contribution in [2.24, 2.45) is 0 Å². The largest absolute Gasteiger partial charge is 0.479 e. The van der Waals surface area contributed by atoms with Gasteiger partial charge in [0, 0.05) is 5.56 Å². The number of carbonyl (C=O) groups is 2. The molecule has 0 saturated carbocycles. The number of rotatable bonds is 3. The van der Waals surface area contributed by atoms with E-state index in [0.29, 0.717) is 5.56 Å². The van der Waals surface area contributed by atoms with Gasteiger partial charge in [0.25, 0.3) is 0 Å². The fraction of sp³-hybridized carbons (Fsp3) is 0.200. The number of hydrogen-bond acceptors (Lipinski definition) is 3. The standard InChI is InChI=1S/C10H10O4/c1-6(11)7-3-2-4-8(5-7)9(12)10(13)14/h2-5,9,12H,1H3,(H,13,14). The number of aliphatic hydroxyl groups excluding tert-OH is 1. The molecule has 0 fully saturated rings. The van der Waals surface area contributed by atoms with Gasteiger partial charge in [-0.15, -0.1) is 0 Å². The molecule has 0 spiro atoms. The summed E-state index contributed by atoms with van der Waals surface area (Å²) >= 11 is 0. The molecule has 1 rings (SSSR count). The third-order valence-corrected chi connectivity index (χ3v) is 1.84. The molecule has 1 aromatic carbocycles. The Morgan fingerprint density at radius 2 is 2.00 bits per heavy atom. The molecule has 0 bridgehead atoms. The van der Waals surface area contributed by atoms with Crippen molar-refractivity contribution in [1.29, 1.82) is 0 Å². The van der Waals surface area contributed by atoms with Crippen LogP contribution >= 0.6 is 0 Å². The van der Waals surface area contributed by atoms with E-state index in [0.717, 1.165) is 0 Å². The van der Waals surface area contributed by atoms with Crippen molar-refractivity contribution >= 4 is 11.8 Å². The number of hydrogen-bond donors (Lipinski definition) is 2. The summed E-state index contributed by atoms with van der Waals surface area (Å²) < 4.78 is 0. The minimum Gasteiger partial charge on any atom is -0.479 e. The van der Waals surface area contributed by atoms with Crippen molar-refractivity contribution in [3.8, 4) is 0 Å². The third-order valence-electron chi connectivity index (χ3n) is 1.84. The summed E-state index contributed by atoms with van der Waals surface area (Å²) in [6.45, 7) is 1.38. The molecule has 74 valence electrons. The second-order valence-corrected chi connectivity index (χ2v) is 2.92. The molecule has 4 heteroatoms. The maximum absolute atomic E-state index is 11.0. The molecule has 0 radical (unpaired) electrons. The summed E-state index contributed by atoms with van der Waals surface area (Å²) in [6.07, 6.45) is -1.57. The highest BCUT2D eigenvalue weighted by Crippen LogP contribution is 2.14. The Labute approximate surface area is 80.8 Å². The quantitative estimate of drug-likeness (QED) is 0.704. The van der Waals surface area contributed by atoms with Crippen LogP contribution in [0.15, 0.2) is 24.3 Å². The molecule has 2 N–H and O–H groups in total. The van der Waals surface area contributed by atoms with Gasteiger partial charge in [0.15, 0.2) is 11.9 Å². The van der Waals surface area contributed by atoms with E-state index in [4.69, 9.17) is 5.11 Å². The van der Waals surface area contributed by atoms with E-state index in [9.17, 15) is 14.7 Å². The Balaban J connectivity index is 3.05. The Morgan fingerprint density at radius 1 is 1.36 bits per heavy atom. The summed E-state index contributed by atoms with van der Waals surface area (Å²) in [4.78, 5) is 21.4. The summed E-state index contributed by atoms with van der Waals surface area (Å²) in [5.74, 6) is -1.49. The molecule has 0 amide bonds. The Morgan fingerprint density at radius 3 is 2.50 bits per heavy atom. The van der Waals surface area contributed by atoms with Gasteiger partial charge < -0.3 is 10.2 Å². The molecule has 4 nitrogen and oxygen atoms in total. The average Bonchev–Trinajstić information content (AvgIpc) is 2.16. The lowest BCUT2D eigenvalue weighted by molar-refractivity contribution is -0.146. The number of ketones is 1. The smallest absolute Gasteiger partial charge is 0.337 e. The highest BCUT2D eigenvalue weighted by molar-refractivity contribution is 5.94. The molecule has 0 aliphatic carbocycles. The van der Waals surface area contributed by atoms with Crippen molar-refractivity contribution in [3.05, 3.63) is 35.4 Å². The monoisotopic (exact) mass is 194 g/mol. The van der Waals surface area contributed by atoms with E-state index < -0.39 is 12.1 Å². The van der Waals surface area contributed by atoms with Gasteiger partial charge in [-0.05, 0) is 18.6 Å². The zero-order chi connectivity index (χ0) is 10.7. The van der Waals surface area contributed by atoms with Crippen LogP contribution in [-0.4, -0.2) is 22.0 Å². The van der Waals surface area contributed by atoms with E-state index in [1.165, 1.54) is 25.1 Å². The number of carbonyl (C=O) groups excluding carboxylic acids is 1. The van der Waals surface area contributed by atoms with E-state index in [2.05, 4.69) is 0 Å². The molecular formula is C10H10O4. The van der Waals surface area contributed by atoms with Gasteiger partial charge in [0.1, 0.15) is 0 Å². The molecule has 1 unspecified atom stereocenters. The van der Waals surface area contributed by atoms with Crippen LogP contribution in [0.3, 0.4) is 0 Å². The lowest BCUT2D eigenvalue weighted by atomic mass is 10.0. The first-order valence-corrected chi connectivity index (χ1v) is 4.04. The predicted octanol–water partition coefficient (Wildman–Crippen LogP) is 1.01. The number of Topliss-reactive ketones (excluding diaryl/α,β-unsaturated/α-hetero) is 1.